The highest BCUT2D eigenvalue weighted by Gasteiger charge is 2.61. The molecule has 6 aromatic rings. The van der Waals surface area contributed by atoms with Crippen LogP contribution in [0.3, 0.4) is 0 Å². The van der Waals surface area contributed by atoms with Crippen molar-refractivity contribution >= 4 is 17.1 Å². The molecule has 0 amide bonds. The van der Waals surface area contributed by atoms with Crippen molar-refractivity contribution < 1.29 is 0 Å². The predicted molar refractivity (Wildman–Crippen MR) is 243 cm³/mol. The van der Waals surface area contributed by atoms with Crippen LogP contribution in [0.25, 0.3) is 33.4 Å². The standard InChI is InChI=1S/C57H57N/c1-54(2)24-25-55(3,4)53-34-43(19-23-49(53)54)58(41-17-21-45-44-14-10-11-15-48(44)56(5,6)50(45)32-41)42-18-22-47-46-20-16-38(37-12-8-7-9-13-37)31-51(46)57(52(47)33-42)39-27-35-26-36(29-39)30-40(57)28-35/h7-23,31-36,39-40H,24-30H2,1-6H3. The molecule has 58 heavy (non-hydrogen) atoms. The van der Waals surface area contributed by atoms with Crippen molar-refractivity contribution in [3.63, 3.8) is 0 Å². The molecule has 1 nitrogen and oxygen atoms in total. The van der Waals surface area contributed by atoms with E-state index in [1.54, 1.807) is 11.1 Å². The van der Waals surface area contributed by atoms with Crippen molar-refractivity contribution in [1.29, 1.82) is 0 Å². The molecule has 4 bridgehead atoms. The third-order valence-electron chi connectivity index (χ3n) is 16.9. The van der Waals surface area contributed by atoms with Crippen LogP contribution in [-0.2, 0) is 21.7 Å². The Labute approximate surface area is 346 Å². The molecule has 1 spiro atoms. The number of hydrogen-bond donors (Lipinski definition) is 0. The molecule has 4 saturated carbocycles. The molecule has 6 aromatic carbocycles. The van der Waals surface area contributed by atoms with Crippen LogP contribution in [0.4, 0.5) is 17.1 Å². The molecule has 4 fully saturated rings. The first-order valence-corrected chi connectivity index (χ1v) is 22.5. The van der Waals surface area contributed by atoms with Gasteiger partial charge in [-0.1, -0.05) is 126 Å². The summed E-state index contributed by atoms with van der Waals surface area (Å²) in [6.07, 6.45) is 9.41. The Kier molecular flexibility index (Phi) is 7.18. The summed E-state index contributed by atoms with van der Waals surface area (Å²) in [4.78, 5) is 2.64. The van der Waals surface area contributed by atoms with Gasteiger partial charge in [0.25, 0.3) is 0 Å². The van der Waals surface area contributed by atoms with Gasteiger partial charge in [-0.15, -0.1) is 0 Å². The summed E-state index contributed by atoms with van der Waals surface area (Å²) in [5.74, 6) is 3.20. The fourth-order valence-electron chi connectivity index (χ4n) is 14.1. The quantitative estimate of drug-likeness (QED) is 0.173. The molecule has 13 rings (SSSR count). The van der Waals surface area contributed by atoms with Crippen molar-refractivity contribution in [2.75, 3.05) is 4.90 Å². The van der Waals surface area contributed by atoms with Gasteiger partial charge in [0, 0.05) is 27.9 Å². The van der Waals surface area contributed by atoms with Gasteiger partial charge in [-0.05, 0) is 189 Å². The number of rotatable bonds is 4. The van der Waals surface area contributed by atoms with E-state index in [9.17, 15) is 0 Å². The van der Waals surface area contributed by atoms with Crippen molar-refractivity contribution in [3.05, 3.63) is 161 Å². The number of fused-ring (bicyclic) bond motifs is 7. The van der Waals surface area contributed by atoms with Crippen LogP contribution in [-0.4, -0.2) is 0 Å². The molecule has 0 saturated heterocycles. The largest absolute Gasteiger partial charge is 0.310 e. The topological polar surface area (TPSA) is 3.24 Å². The van der Waals surface area contributed by atoms with E-state index in [1.165, 1.54) is 118 Å². The minimum Gasteiger partial charge on any atom is -0.310 e. The highest BCUT2D eigenvalue weighted by Crippen LogP contribution is 2.70. The monoisotopic (exact) mass is 755 g/mol. The first-order chi connectivity index (χ1) is 27.9. The van der Waals surface area contributed by atoms with Crippen LogP contribution in [0.2, 0.25) is 0 Å². The molecule has 0 heterocycles. The Balaban J connectivity index is 1.08. The van der Waals surface area contributed by atoms with E-state index in [1.807, 2.05) is 0 Å². The molecule has 0 atom stereocenters. The van der Waals surface area contributed by atoms with E-state index in [0.29, 0.717) is 11.8 Å². The van der Waals surface area contributed by atoms with E-state index < -0.39 is 0 Å². The number of nitrogens with zero attached hydrogens (tertiary/aromatic N) is 1. The Bertz CT molecular complexity index is 2640. The van der Waals surface area contributed by atoms with E-state index >= 15 is 0 Å². The van der Waals surface area contributed by atoms with Crippen molar-refractivity contribution in [2.24, 2.45) is 23.7 Å². The Morgan fingerprint density at radius 1 is 0.397 bits per heavy atom. The second-order valence-electron chi connectivity index (χ2n) is 21.3. The lowest BCUT2D eigenvalue weighted by atomic mass is 9.43. The van der Waals surface area contributed by atoms with Gasteiger partial charge < -0.3 is 4.90 Å². The lowest BCUT2D eigenvalue weighted by molar-refractivity contribution is -0.0399. The van der Waals surface area contributed by atoms with Gasteiger partial charge in [0.2, 0.25) is 0 Å². The fourth-order valence-corrected chi connectivity index (χ4v) is 14.1. The average molecular weight is 756 g/mol. The van der Waals surface area contributed by atoms with Gasteiger partial charge in [-0.25, -0.2) is 0 Å². The third-order valence-corrected chi connectivity index (χ3v) is 16.9. The maximum absolute atomic E-state index is 2.70. The Morgan fingerprint density at radius 3 is 1.57 bits per heavy atom. The molecule has 0 aromatic heterocycles. The van der Waals surface area contributed by atoms with Crippen LogP contribution in [0.15, 0.2) is 127 Å². The van der Waals surface area contributed by atoms with Crippen molar-refractivity contribution in [1.82, 2.24) is 0 Å². The summed E-state index contributed by atoms with van der Waals surface area (Å²) >= 11 is 0. The lowest BCUT2D eigenvalue weighted by Gasteiger charge is -2.61. The van der Waals surface area contributed by atoms with Gasteiger partial charge in [0.05, 0.1) is 0 Å². The normalized spacial score (nSPS) is 26.8. The summed E-state index contributed by atoms with van der Waals surface area (Å²) in [5.41, 5.74) is 21.6. The van der Waals surface area contributed by atoms with Crippen LogP contribution < -0.4 is 4.90 Å². The highest BCUT2D eigenvalue weighted by molar-refractivity contribution is 5.90. The maximum Gasteiger partial charge on any atom is 0.0465 e. The summed E-state index contributed by atoms with van der Waals surface area (Å²) in [5, 5.41) is 0. The summed E-state index contributed by atoms with van der Waals surface area (Å²) < 4.78 is 0. The zero-order chi connectivity index (χ0) is 39.3. The van der Waals surface area contributed by atoms with Crippen molar-refractivity contribution in [3.8, 4) is 33.4 Å². The molecule has 0 N–H and O–H groups in total. The molecule has 290 valence electrons. The minimum atomic E-state index is -0.0735. The Morgan fingerprint density at radius 2 is 0.897 bits per heavy atom. The third kappa shape index (κ3) is 4.71. The summed E-state index contributed by atoms with van der Waals surface area (Å²) in [6, 6.07) is 50.3. The van der Waals surface area contributed by atoms with Crippen LogP contribution in [0, 0.1) is 23.7 Å². The predicted octanol–water partition coefficient (Wildman–Crippen LogP) is 15.2. The van der Waals surface area contributed by atoms with Gasteiger partial charge in [0.1, 0.15) is 0 Å². The lowest BCUT2D eigenvalue weighted by Crippen LogP contribution is -2.55. The van der Waals surface area contributed by atoms with Crippen molar-refractivity contribution in [2.45, 2.75) is 108 Å². The fraction of sp³-hybridized carbons (Fsp3) is 0.368. The number of benzene rings is 6. The average Bonchev–Trinajstić information content (AvgIpc) is 3.63. The zero-order valence-electron chi connectivity index (χ0n) is 35.3. The van der Waals surface area contributed by atoms with E-state index in [-0.39, 0.29) is 21.7 Å². The molecule has 0 unspecified atom stereocenters. The zero-order valence-corrected chi connectivity index (χ0v) is 35.3. The van der Waals surface area contributed by atoms with Gasteiger partial charge in [-0.2, -0.15) is 0 Å². The molecule has 7 aliphatic carbocycles. The first-order valence-electron chi connectivity index (χ1n) is 22.5. The number of anilines is 3. The molecule has 0 aliphatic heterocycles. The first kappa shape index (κ1) is 35.1. The number of hydrogen-bond acceptors (Lipinski definition) is 1. The van der Waals surface area contributed by atoms with Crippen LogP contribution >= 0.6 is 0 Å². The van der Waals surface area contributed by atoms with Crippen LogP contribution in [0.1, 0.15) is 120 Å². The second-order valence-corrected chi connectivity index (χ2v) is 21.3. The van der Waals surface area contributed by atoms with E-state index in [2.05, 4.69) is 174 Å². The van der Waals surface area contributed by atoms with E-state index in [4.69, 9.17) is 0 Å². The van der Waals surface area contributed by atoms with Gasteiger partial charge >= 0.3 is 0 Å². The summed E-state index contributed by atoms with van der Waals surface area (Å²) in [6.45, 7) is 14.7. The summed E-state index contributed by atoms with van der Waals surface area (Å²) in [7, 11) is 0. The van der Waals surface area contributed by atoms with Gasteiger partial charge in [-0.3, -0.25) is 0 Å². The SMILES string of the molecule is CC1(C)CCC(C)(C)c2cc(N(c3ccc4c(c3)C(C)(C)c3ccccc3-4)c3ccc4c(c3)C3(c5cc(-c6ccccc6)ccc5-4)C4CC5CC(C4)CC3C5)ccc21. The smallest absolute Gasteiger partial charge is 0.0465 e. The Hall–Kier alpha value is -4.88. The van der Waals surface area contributed by atoms with Gasteiger partial charge in [0.15, 0.2) is 0 Å². The maximum atomic E-state index is 2.70. The highest BCUT2D eigenvalue weighted by atomic mass is 15.1. The molecule has 1 heteroatoms. The minimum absolute atomic E-state index is 0.0635. The second kappa shape index (κ2) is 11.9. The molecule has 0 radical (unpaired) electrons. The molecular formula is C57H57N. The van der Waals surface area contributed by atoms with Crippen LogP contribution in [0.5, 0.6) is 0 Å². The molecular weight excluding hydrogens is 699 g/mol. The van der Waals surface area contributed by atoms with E-state index in [0.717, 1.165) is 11.8 Å². The molecule has 7 aliphatic rings.